The molecule has 0 spiro atoms. The molecular formula is C12H14N2O2S. The van der Waals surface area contributed by atoms with Crippen molar-refractivity contribution in [3.63, 3.8) is 0 Å². The lowest BCUT2D eigenvalue weighted by atomic mass is 10.2. The summed E-state index contributed by atoms with van der Waals surface area (Å²) in [4.78, 5) is 16.6. The molecule has 0 saturated carbocycles. The van der Waals surface area contributed by atoms with Crippen LogP contribution in [0.2, 0.25) is 0 Å². The van der Waals surface area contributed by atoms with Crippen molar-refractivity contribution in [1.82, 2.24) is 9.55 Å². The molecule has 2 heterocycles. The Balaban J connectivity index is 2.45. The molecule has 90 valence electrons. The molecule has 0 amide bonds. The molecule has 2 rings (SSSR count). The third-order valence-corrected chi connectivity index (χ3v) is 3.73. The van der Waals surface area contributed by atoms with Gasteiger partial charge in [0.1, 0.15) is 10.7 Å². The monoisotopic (exact) mass is 250 g/mol. The molecule has 0 aliphatic heterocycles. The van der Waals surface area contributed by atoms with Crippen LogP contribution in [0.5, 0.6) is 0 Å². The number of aromatic nitrogens is 2. The number of hydrogen-bond acceptors (Lipinski definition) is 3. The number of imidazole rings is 1. The Morgan fingerprint density at radius 1 is 1.59 bits per heavy atom. The van der Waals surface area contributed by atoms with Gasteiger partial charge in [-0.15, -0.1) is 11.3 Å². The van der Waals surface area contributed by atoms with Gasteiger partial charge in [-0.1, -0.05) is 6.92 Å². The van der Waals surface area contributed by atoms with Gasteiger partial charge in [0.2, 0.25) is 0 Å². The quantitative estimate of drug-likeness (QED) is 0.907. The van der Waals surface area contributed by atoms with Gasteiger partial charge < -0.3 is 9.67 Å². The molecule has 0 aromatic carbocycles. The van der Waals surface area contributed by atoms with Crippen LogP contribution in [-0.2, 0) is 6.54 Å². The largest absolute Gasteiger partial charge is 0.477 e. The van der Waals surface area contributed by atoms with E-state index in [1.165, 1.54) is 11.3 Å². The van der Waals surface area contributed by atoms with E-state index in [0.717, 1.165) is 29.2 Å². The third kappa shape index (κ3) is 2.24. The van der Waals surface area contributed by atoms with E-state index >= 15 is 0 Å². The summed E-state index contributed by atoms with van der Waals surface area (Å²) in [5.74, 6) is -0.0141. The van der Waals surface area contributed by atoms with Gasteiger partial charge in [-0.3, -0.25) is 0 Å². The highest BCUT2D eigenvalue weighted by molar-refractivity contribution is 7.17. The predicted octanol–water partition coefficient (Wildman–Crippen LogP) is 3.03. The van der Waals surface area contributed by atoms with Crippen LogP contribution in [0, 0.1) is 6.92 Å². The first-order valence-electron chi connectivity index (χ1n) is 5.48. The third-order valence-electron chi connectivity index (χ3n) is 2.51. The Hall–Kier alpha value is -1.62. The van der Waals surface area contributed by atoms with Crippen LogP contribution in [0.15, 0.2) is 18.5 Å². The Kier molecular flexibility index (Phi) is 3.28. The normalized spacial score (nSPS) is 10.7. The first-order chi connectivity index (χ1) is 8.13. The summed E-state index contributed by atoms with van der Waals surface area (Å²) < 4.78 is 2.06. The first kappa shape index (κ1) is 11.9. The standard InChI is InChI=1S/C12H14N2O2S/c1-3-5-14-6-4-13-11(14)10-8(2)7-9(17-10)12(15)16/h4,6-7H,3,5H2,1-2H3,(H,15,16). The average molecular weight is 250 g/mol. The molecular weight excluding hydrogens is 236 g/mol. The van der Waals surface area contributed by atoms with Gasteiger partial charge in [0.05, 0.1) is 4.88 Å². The number of rotatable bonds is 4. The number of carboxylic acid groups (broad SMARTS) is 1. The maximum Gasteiger partial charge on any atom is 0.345 e. The second-order valence-corrected chi connectivity index (χ2v) is 4.92. The molecule has 0 fully saturated rings. The van der Waals surface area contributed by atoms with E-state index < -0.39 is 5.97 Å². The van der Waals surface area contributed by atoms with Crippen molar-refractivity contribution < 1.29 is 9.90 Å². The van der Waals surface area contributed by atoms with Gasteiger partial charge in [0.25, 0.3) is 0 Å². The fourth-order valence-electron chi connectivity index (χ4n) is 1.75. The minimum absolute atomic E-state index is 0.364. The van der Waals surface area contributed by atoms with Gasteiger partial charge in [-0.2, -0.15) is 0 Å². The maximum atomic E-state index is 10.9. The summed E-state index contributed by atoms with van der Waals surface area (Å²) in [5.41, 5.74) is 0.968. The molecule has 2 aromatic rings. The number of aryl methyl sites for hydroxylation is 2. The molecule has 0 unspecified atom stereocenters. The highest BCUT2D eigenvalue weighted by atomic mass is 32.1. The fraction of sp³-hybridized carbons (Fsp3) is 0.333. The van der Waals surface area contributed by atoms with E-state index in [2.05, 4.69) is 16.5 Å². The number of carboxylic acids is 1. The number of thiophene rings is 1. The molecule has 4 nitrogen and oxygen atoms in total. The molecule has 17 heavy (non-hydrogen) atoms. The highest BCUT2D eigenvalue weighted by Crippen LogP contribution is 2.31. The van der Waals surface area contributed by atoms with Gasteiger partial charge in [0.15, 0.2) is 0 Å². The zero-order valence-electron chi connectivity index (χ0n) is 9.80. The van der Waals surface area contributed by atoms with Crippen molar-refractivity contribution in [2.45, 2.75) is 26.8 Å². The molecule has 5 heteroatoms. The predicted molar refractivity (Wildman–Crippen MR) is 67.5 cm³/mol. The van der Waals surface area contributed by atoms with E-state index in [1.807, 2.05) is 13.1 Å². The van der Waals surface area contributed by atoms with E-state index in [-0.39, 0.29) is 0 Å². The fourth-order valence-corrected chi connectivity index (χ4v) is 2.77. The topological polar surface area (TPSA) is 55.1 Å². The number of carbonyl (C=O) groups is 1. The van der Waals surface area contributed by atoms with Crippen molar-refractivity contribution >= 4 is 17.3 Å². The summed E-state index contributed by atoms with van der Waals surface area (Å²) in [6.45, 7) is 4.92. The van der Waals surface area contributed by atoms with Crippen molar-refractivity contribution in [2.75, 3.05) is 0 Å². The zero-order valence-corrected chi connectivity index (χ0v) is 10.6. The van der Waals surface area contributed by atoms with Gasteiger partial charge in [-0.05, 0) is 25.0 Å². The summed E-state index contributed by atoms with van der Waals surface area (Å²) in [6.07, 6.45) is 4.71. The summed E-state index contributed by atoms with van der Waals surface area (Å²) >= 11 is 1.28. The minimum Gasteiger partial charge on any atom is -0.477 e. The lowest BCUT2D eigenvalue weighted by Gasteiger charge is -2.04. The molecule has 1 N–H and O–H groups in total. The van der Waals surface area contributed by atoms with Gasteiger partial charge in [0, 0.05) is 18.9 Å². The number of hydrogen-bond donors (Lipinski definition) is 1. The summed E-state index contributed by atoms with van der Waals surface area (Å²) in [6, 6.07) is 1.70. The van der Waals surface area contributed by atoms with Crippen LogP contribution in [-0.4, -0.2) is 20.6 Å². The Bertz CT molecular complexity index is 542. The Morgan fingerprint density at radius 2 is 2.35 bits per heavy atom. The Labute approximate surface area is 104 Å². The van der Waals surface area contributed by atoms with Gasteiger partial charge in [-0.25, -0.2) is 9.78 Å². The number of nitrogens with zero attached hydrogens (tertiary/aromatic N) is 2. The molecule has 0 atom stereocenters. The molecule has 0 bridgehead atoms. The smallest absolute Gasteiger partial charge is 0.345 e. The van der Waals surface area contributed by atoms with Crippen LogP contribution in [0.3, 0.4) is 0 Å². The molecule has 0 aliphatic carbocycles. The van der Waals surface area contributed by atoms with E-state index in [0.29, 0.717) is 4.88 Å². The first-order valence-corrected chi connectivity index (χ1v) is 6.30. The molecule has 0 radical (unpaired) electrons. The minimum atomic E-state index is -0.877. The van der Waals surface area contributed by atoms with Gasteiger partial charge >= 0.3 is 5.97 Å². The van der Waals surface area contributed by atoms with Crippen LogP contribution < -0.4 is 0 Å². The summed E-state index contributed by atoms with van der Waals surface area (Å²) in [5, 5.41) is 8.98. The second-order valence-electron chi connectivity index (χ2n) is 3.87. The lowest BCUT2D eigenvalue weighted by molar-refractivity contribution is 0.0702. The summed E-state index contributed by atoms with van der Waals surface area (Å²) in [7, 11) is 0. The van der Waals surface area contributed by atoms with Crippen molar-refractivity contribution in [3.8, 4) is 10.7 Å². The van der Waals surface area contributed by atoms with E-state index in [1.54, 1.807) is 12.3 Å². The van der Waals surface area contributed by atoms with Crippen LogP contribution in [0.1, 0.15) is 28.6 Å². The van der Waals surface area contributed by atoms with E-state index in [4.69, 9.17) is 5.11 Å². The average Bonchev–Trinajstić information content (AvgIpc) is 2.85. The molecule has 0 aliphatic rings. The maximum absolute atomic E-state index is 10.9. The SMILES string of the molecule is CCCn1ccnc1-c1sc(C(=O)O)cc1C. The molecule has 2 aromatic heterocycles. The van der Waals surface area contributed by atoms with Crippen molar-refractivity contribution in [2.24, 2.45) is 0 Å². The Morgan fingerprint density at radius 3 is 2.94 bits per heavy atom. The lowest BCUT2D eigenvalue weighted by Crippen LogP contribution is -1.97. The van der Waals surface area contributed by atoms with Crippen LogP contribution in [0.25, 0.3) is 10.7 Å². The zero-order chi connectivity index (χ0) is 12.4. The molecule has 0 saturated heterocycles. The van der Waals surface area contributed by atoms with E-state index in [9.17, 15) is 4.79 Å². The van der Waals surface area contributed by atoms with Crippen molar-refractivity contribution in [1.29, 1.82) is 0 Å². The van der Waals surface area contributed by atoms with Crippen LogP contribution in [0.4, 0.5) is 0 Å². The van der Waals surface area contributed by atoms with Crippen molar-refractivity contribution in [3.05, 3.63) is 28.9 Å². The second kappa shape index (κ2) is 4.71. The highest BCUT2D eigenvalue weighted by Gasteiger charge is 2.15. The number of aromatic carboxylic acids is 1. The van der Waals surface area contributed by atoms with Crippen LogP contribution >= 0.6 is 11.3 Å².